The molecule has 138 valence electrons. The fourth-order valence-electron chi connectivity index (χ4n) is 3.59. The minimum Gasteiger partial charge on any atom is -0.496 e. The van der Waals surface area contributed by atoms with Crippen molar-refractivity contribution in [2.75, 3.05) is 44.8 Å². The highest BCUT2D eigenvalue weighted by molar-refractivity contribution is 5.99. The van der Waals surface area contributed by atoms with Crippen LogP contribution in [0.1, 0.15) is 42.5 Å². The molecule has 6 nitrogen and oxygen atoms in total. The fourth-order valence-corrected chi connectivity index (χ4v) is 3.59. The van der Waals surface area contributed by atoms with E-state index < -0.39 is 0 Å². The number of nitrogens with two attached hydrogens (primary N) is 1. The first-order chi connectivity index (χ1) is 12.1. The highest BCUT2D eigenvalue weighted by Crippen LogP contribution is 2.31. The molecule has 1 aromatic rings. The zero-order valence-corrected chi connectivity index (χ0v) is 15.3. The maximum Gasteiger partial charge on any atom is 0.255 e. The summed E-state index contributed by atoms with van der Waals surface area (Å²) >= 11 is 0. The average molecular weight is 346 g/mol. The number of anilines is 2. The number of carbonyl (C=O) groups excluding carboxylic acids is 1. The first-order valence-corrected chi connectivity index (χ1v) is 9.29. The van der Waals surface area contributed by atoms with Gasteiger partial charge in [-0.2, -0.15) is 0 Å². The van der Waals surface area contributed by atoms with E-state index in [1.54, 1.807) is 26.3 Å². The van der Waals surface area contributed by atoms with Crippen LogP contribution in [0.15, 0.2) is 12.1 Å². The SMILES string of the molecule is CNc1cc(OC)c(C(=O)NC2CCCCN(CC3CC3)C2)cc1N. The Morgan fingerprint density at radius 1 is 1.32 bits per heavy atom. The van der Waals surface area contributed by atoms with E-state index in [9.17, 15) is 4.79 Å². The normalized spacial score (nSPS) is 21.4. The minimum absolute atomic E-state index is 0.107. The lowest BCUT2D eigenvalue weighted by molar-refractivity contribution is 0.0923. The Morgan fingerprint density at radius 3 is 2.80 bits per heavy atom. The van der Waals surface area contributed by atoms with Crippen LogP contribution in [0.2, 0.25) is 0 Å². The second kappa shape index (κ2) is 7.95. The molecule has 1 aromatic carbocycles. The molecule has 0 bridgehead atoms. The van der Waals surface area contributed by atoms with Crippen molar-refractivity contribution < 1.29 is 9.53 Å². The second-order valence-corrected chi connectivity index (χ2v) is 7.26. The Labute approximate surface area is 150 Å². The summed E-state index contributed by atoms with van der Waals surface area (Å²) in [4.78, 5) is 15.3. The van der Waals surface area contributed by atoms with Gasteiger partial charge in [-0.05, 0) is 44.2 Å². The number of nitrogens with zero attached hydrogens (tertiary/aromatic N) is 1. The molecule has 0 spiro atoms. The van der Waals surface area contributed by atoms with Gasteiger partial charge in [-0.25, -0.2) is 0 Å². The van der Waals surface area contributed by atoms with Crippen molar-refractivity contribution >= 4 is 17.3 Å². The summed E-state index contributed by atoms with van der Waals surface area (Å²) in [6.45, 7) is 3.27. The van der Waals surface area contributed by atoms with E-state index in [1.807, 2.05) is 0 Å². The van der Waals surface area contributed by atoms with E-state index >= 15 is 0 Å². The summed E-state index contributed by atoms with van der Waals surface area (Å²) in [6.07, 6.45) is 6.12. The highest BCUT2D eigenvalue weighted by Gasteiger charge is 2.27. The van der Waals surface area contributed by atoms with Gasteiger partial charge >= 0.3 is 0 Å². The van der Waals surface area contributed by atoms with Crippen molar-refractivity contribution in [2.24, 2.45) is 5.92 Å². The zero-order valence-electron chi connectivity index (χ0n) is 15.3. The van der Waals surface area contributed by atoms with Crippen LogP contribution in [0.25, 0.3) is 0 Å². The summed E-state index contributed by atoms with van der Waals surface area (Å²) in [5, 5.41) is 6.21. The molecule has 1 saturated heterocycles. The van der Waals surface area contributed by atoms with Crippen LogP contribution in [-0.2, 0) is 0 Å². The van der Waals surface area contributed by atoms with Crippen LogP contribution >= 0.6 is 0 Å². The number of hydrogen-bond acceptors (Lipinski definition) is 5. The summed E-state index contributed by atoms with van der Waals surface area (Å²) in [5.74, 6) is 1.31. The van der Waals surface area contributed by atoms with Crippen LogP contribution in [-0.4, -0.2) is 50.6 Å². The average Bonchev–Trinajstić information content (AvgIpc) is 3.43. The molecule has 0 radical (unpaired) electrons. The zero-order chi connectivity index (χ0) is 17.8. The van der Waals surface area contributed by atoms with Gasteiger partial charge in [0.25, 0.3) is 5.91 Å². The molecule has 2 fully saturated rings. The predicted octanol–water partition coefficient (Wildman–Crippen LogP) is 2.31. The molecule has 1 amide bonds. The predicted molar refractivity (Wildman–Crippen MR) is 101 cm³/mol. The molecule has 1 saturated carbocycles. The van der Waals surface area contributed by atoms with E-state index in [0.29, 0.717) is 17.0 Å². The highest BCUT2D eigenvalue weighted by atomic mass is 16.5. The lowest BCUT2D eigenvalue weighted by atomic mass is 10.1. The lowest BCUT2D eigenvalue weighted by Gasteiger charge is -2.25. The quantitative estimate of drug-likeness (QED) is 0.689. The van der Waals surface area contributed by atoms with E-state index in [1.165, 1.54) is 25.8 Å². The van der Waals surface area contributed by atoms with Crippen LogP contribution in [0, 0.1) is 5.92 Å². The third kappa shape index (κ3) is 4.57. The van der Waals surface area contributed by atoms with Gasteiger partial charge in [0.05, 0.1) is 24.0 Å². The van der Waals surface area contributed by atoms with Crippen LogP contribution in [0.3, 0.4) is 0 Å². The van der Waals surface area contributed by atoms with Gasteiger partial charge in [-0.15, -0.1) is 0 Å². The van der Waals surface area contributed by atoms with Gasteiger partial charge in [0, 0.05) is 32.2 Å². The summed E-state index contributed by atoms with van der Waals surface area (Å²) in [7, 11) is 3.37. The third-order valence-electron chi connectivity index (χ3n) is 5.19. The number of benzene rings is 1. The first kappa shape index (κ1) is 17.9. The molecule has 1 atom stereocenters. The van der Waals surface area contributed by atoms with Gasteiger partial charge in [0.1, 0.15) is 5.75 Å². The number of nitrogen functional groups attached to an aromatic ring is 1. The molecule has 2 aliphatic rings. The second-order valence-electron chi connectivity index (χ2n) is 7.26. The van der Waals surface area contributed by atoms with Crippen molar-refractivity contribution in [3.05, 3.63) is 17.7 Å². The number of nitrogens with one attached hydrogen (secondary N) is 2. The van der Waals surface area contributed by atoms with Crippen LogP contribution in [0.5, 0.6) is 5.75 Å². The third-order valence-corrected chi connectivity index (χ3v) is 5.19. The molecule has 1 aliphatic carbocycles. The Balaban J connectivity index is 1.68. The van der Waals surface area contributed by atoms with Crippen molar-refractivity contribution in [1.82, 2.24) is 10.2 Å². The monoisotopic (exact) mass is 346 g/mol. The van der Waals surface area contributed by atoms with E-state index in [2.05, 4.69) is 15.5 Å². The number of rotatable bonds is 6. The summed E-state index contributed by atoms with van der Waals surface area (Å²) < 4.78 is 5.39. The molecule has 6 heteroatoms. The largest absolute Gasteiger partial charge is 0.496 e. The molecule has 1 aliphatic heterocycles. The fraction of sp³-hybridized carbons (Fsp3) is 0.632. The van der Waals surface area contributed by atoms with Gasteiger partial charge in [0.15, 0.2) is 0 Å². The maximum absolute atomic E-state index is 12.8. The van der Waals surface area contributed by atoms with Crippen molar-refractivity contribution in [3.8, 4) is 5.75 Å². The topological polar surface area (TPSA) is 79.6 Å². The van der Waals surface area contributed by atoms with Crippen LogP contribution in [0.4, 0.5) is 11.4 Å². The Bertz CT molecular complexity index is 616. The summed E-state index contributed by atoms with van der Waals surface area (Å²) in [5.41, 5.74) is 7.83. The smallest absolute Gasteiger partial charge is 0.255 e. The van der Waals surface area contributed by atoms with Crippen LogP contribution < -0.4 is 21.1 Å². The van der Waals surface area contributed by atoms with Gasteiger partial charge in [-0.1, -0.05) is 6.42 Å². The van der Waals surface area contributed by atoms with E-state index in [4.69, 9.17) is 10.5 Å². The van der Waals surface area contributed by atoms with Gasteiger partial charge in [-0.3, -0.25) is 4.79 Å². The number of ether oxygens (including phenoxy) is 1. The molecule has 3 rings (SSSR count). The molecule has 4 N–H and O–H groups in total. The lowest BCUT2D eigenvalue weighted by Crippen LogP contribution is -2.43. The van der Waals surface area contributed by atoms with Crippen molar-refractivity contribution in [2.45, 2.75) is 38.1 Å². The molecule has 0 aromatic heterocycles. The standard InChI is InChI=1S/C19H30N4O2/c1-21-17-10-18(25-2)15(9-16(17)20)19(24)22-14-5-3-4-8-23(12-14)11-13-6-7-13/h9-10,13-14,21H,3-8,11-12,20H2,1-2H3,(H,22,24). The summed E-state index contributed by atoms with van der Waals surface area (Å²) in [6, 6.07) is 3.65. The number of likely N-dealkylation sites (tertiary alicyclic amines) is 1. The van der Waals surface area contributed by atoms with Gasteiger partial charge in [0.2, 0.25) is 0 Å². The maximum atomic E-state index is 12.8. The molecule has 1 heterocycles. The van der Waals surface area contributed by atoms with E-state index in [0.717, 1.165) is 37.5 Å². The van der Waals surface area contributed by atoms with E-state index in [-0.39, 0.29) is 11.9 Å². The Hall–Kier alpha value is -1.95. The first-order valence-electron chi connectivity index (χ1n) is 9.29. The van der Waals surface area contributed by atoms with Gasteiger partial charge < -0.3 is 26.0 Å². The Morgan fingerprint density at radius 2 is 2.12 bits per heavy atom. The molecular weight excluding hydrogens is 316 g/mol. The number of methoxy groups -OCH3 is 1. The number of carbonyl (C=O) groups is 1. The van der Waals surface area contributed by atoms with Crippen molar-refractivity contribution in [3.63, 3.8) is 0 Å². The van der Waals surface area contributed by atoms with Crippen molar-refractivity contribution in [1.29, 1.82) is 0 Å². The molecular formula is C19H30N4O2. The number of hydrogen-bond donors (Lipinski definition) is 3. The Kier molecular flexibility index (Phi) is 5.68. The molecule has 25 heavy (non-hydrogen) atoms. The number of amides is 1. The minimum atomic E-state index is -0.107. The molecule has 1 unspecified atom stereocenters.